The summed E-state index contributed by atoms with van der Waals surface area (Å²) < 4.78 is 32.3. The molecule has 25 heavy (non-hydrogen) atoms. The van der Waals surface area contributed by atoms with Crippen LogP contribution >= 0.6 is 0 Å². The Balaban J connectivity index is 2.86. The lowest BCUT2D eigenvalue weighted by Gasteiger charge is -2.33. The van der Waals surface area contributed by atoms with E-state index in [0.29, 0.717) is 12.8 Å². The van der Waals surface area contributed by atoms with Gasteiger partial charge in [-0.1, -0.05) is 19.9 Å². The number of amides is 2. The first-order valence-electron chi connectivity index (χ1n) is 8.27. The van der Waals surface area contributed by atoms with Gasteiger partial charge in [-0.2, -0.15) is 0 Å². The number of nitrogens with one attached hydrogen (secondary N) is 2. The summed E-state index contributed by atoms with van der Waals surface area (Å²) in [4.78, 5) is 24.2. The summed E-state index contributed by atoms with van der Waals surface area (Å²) >= 11 is 0. The topological polar surface area (TPSA) is 67.4 Å². The molecule has 0 spiro atoms. The molecule has 0 saturated heterocycles. The fraction of sp³-hybridized carbons (Fsp3) is 0.556. The van der Waals surface area contributed by atoms with E-state index in [9.17, 15) is 18.4 Å². The van der Waals surface area contributed by atoms with Crippen molar-refractivity contribution in [3.8, 4) is 0 Å². The molecule has 0 unspecified atom stereocenters. The zero-order chi connectivity index (χ0) is 19.3. The van der Waals surface area contributed by atoms with Crippen LogP contribution in [0.2, 0.25) is 0 Å². The van der Waals surface area contributed by atoms with Crippen LogP contribution in [0.3, 0.4) is 0 Å². The van der Waals surface area contributed by atoms with Gasteiger partial charge in [-0.05, 0) is 45.7 Å². The van der Waals surface area contributed by atoms with Crippen LogP contribution < -0.4 is 10.6 Å². The number of halogens is 2. The molecule has 140 valence electrons. The van der Waals surface area contributed by atoms with Gasteiger partial charge in [0.25, 0.3) is 5.91 Å². The molecule has 1 rings (SSSR count). The number of benzene rings is 1. The molecule has 0 aliphatic carbocycles. The zero-order valence-electron chi connectivity index (χ0n) is 15.3. The Morgan fingerprint density at radius 1 is 1.12 bits per heavy atom. The molecule has 0 radical (unpaired) electrons. The highest BCUT2D eigenvalue weighted by molar-refractivity contribution is 5.95. The van der Waals surface area contributed by atoms with Crippen LogP contribution in [-0.2, 0) is 4.74 Å². The Labute approximate surface area is 147 Å². The number of carbonyl (C=O) groups excluding carboxylic acids is 2. The van der Waals surface area contributed by atoms with E-state index < -0.39 is 34.8 Å². The third-order valence-corrected chi connectivity index (χ3v) is 3.90. The molecule has 0 saturated carbocycles. The van der Waals surface area contributed by atoms with Crippen molar-refractivity contribution in [2.24, 2.45) is 0 Å². The van der Waals surface area contributed by atoms with Crippen LogP contribution in [0.4, 0.5) is 13.6 Å². The SMILES string of the molecule is CCC(CC)(CNC(=O)OC(C)(C)C)NC(=O)c1cccc(F)c1F. The number of carbonyl (C=O) groups is 2. The van der Waals surface area contributed by atoms with E-state index in [1.54, 1.807) is 20.8 Å². The molecule has 0 atom stereocenters. The first kappa shape index (κ1) is 20.9. The van der Waals surface area contributed by atoms with Gasteiger partial charge in [-0.3, -0.25) is 4.79 Å². The van der Waals surface area contributed by atoms with E-state index in [1.165, 1.54) is 12.1 Å². The van der Waals surface area contributed by atoms with Gasteiger partial charge in [0.1, 0.15) is 5.60 Å². The van der Waals surface area contributed by atoms with Crippen molar-refractivity contribution in [3.63, 3.8) is 0 Å². The molecule has 1 aromatic carbocycles. The van der Waals surface area contributed by atoms with Crippen LogP contribution in [0.15, 0.2) is 18.2 Å². The van der Waals surface area contributed by atoms with Gasteiger partial charge in [0.05, 0.1) is 11.1 Å². The van der Waals surface area contributed by atoms with E-state index in [2.05, 4.69) is 10.6 Å². The molecule has 2 N–H and O–H groups in total. The highest BCUT2D eigenvalue weighted by Gasteiger charge is 2.31. The second-order valence-electron chi connectivity index (χ2n) is 6.90. The second kappa shape index (κ2) is 8.27. The van der Waals surface area contributed by atoms with Crippen molar-refractivity contribution in [3.05, 3.63) is 35.4 Å². The van der Waals surface area contributed by atoms with Crippen molar-refractivity contribution in [2.45, 2.75) is 58.6 Å². The number of ether oxygens (including phenoxy) is 1. The van der Waals surface area contributed by atoms with Gasteiger partial charge in [0.2, 0.25) is 0 Å². The summed E-state index contributed by atoms with van der Waals surface area (Å²) in [6.45, 7) is 9.01. The molecule has 0 heterocycles. The summed E-state index contributed by atoms with van der Waals surface area (Å²) in [6, 6.07) is 3.43. The molecule has 0 bridgehead atoms. The number of hydrogen-bond donors (Lipinski definition) is 2. The minimum absolute atomic E-state index is 0.109. The second-order valence-corrected chi connectivity index (χ2v) is 6.90. The average Bonchev–Trinajstić information content (AvgIpc) is 2.52. The molecule has 0 fully saturated rings. The van der Waals surface area contributed by atoms with Crippen LogP contribution in [0.1, 0.15) is 57.8 Å². The third-order valence-electron chi connectivity index (χ3n) is 3.90. The Kier molecular flexibility index (Phi) is 6.90. The summed E-state index contributed by atoms with van der Waals surface area (Å²) in [5.74, 6) is -3.01. The fourth-order valence-electron chi connectivity index (χ4n) is 2.26. The molecule has 1 aromatic rings. The average molecular weight is 356 g/mol. The highest BCUT2D eigenvalue weighted by atomic mass is 19.2. The fourth-order valence-corrected chi connectivity index (χ4v) is 2.26. The van der Waals surface area contributed by atoms with Crippen LogP contribution in [0, 0.1) is 11.6 Å². The number of hydrogen-bond acceptors (Lipinski definition) is 3. The first-order chi connectivity index (χ1) is 11.5. The van der Waals surface area contributed by atoms with Crippen LogP contribution in [-0.4, -0.2) is 29.7 Å². The molecule has 7 heteroatoms. The lowest BCUT2D eigenvalue weighted by atomic mass is 9.92. The maximum atomic E-state index is 13.8. The minimum Gasteiger partial charge on any atom is -0.444 e. The lowest BCUT2D eigenvalue weighted by Crippen LogP contribution is -2.55. The molecule has 0 aliphatic rings. The summed E-state index contributed by atoms with van der Waals surface area (Å²) in [5, 5.41) is 5.34. The molecule has 2 amide bonds. The minimum atomic E-state index is -1.19. The van der Waals surface area contributed by atoms with Gasteiger partial charge in [0.15, 0.2) is 11.6 Å². The molecule has 5 nitrogen and oxygen atoms in total. The molecular weight excluding hydrogens is 330 g/mol. The standard InChI is InChI=1S/C18H26F2N2O3/c1-6-18(7-2,11-21-16(24)25-17(3,4)5)22-15(23)12-9-8-10-13(19)14(12)20/h8-10H,6-7,11H2,1-5H3,(H,21,24)(H,22,23). The van der Waals surface area contributed by atoms with Crippen molar-refractivity contribution in [1.29, 1.82) is 0 Å². The summed E-state index contributed by atoms with van der Waals surface area (Å²) in [5.41, 5.74) is -1.81. The van der Waals surface area contributed by atoms with E-state index >= 15 is 0 Å². The quantitative estimate of drug-likeness (QED) is 0.815. The molecule has 0 aliphatic heterocycles. The highest BCUT2D eigenvalue weighted by Crippen LogP contribution is 2.18. The zero-order valence-corrected chi connectivity index (χ0v) is 15.3. The predicted molar refractivity (Wildman–Crippen MR) is 91.4 cm³/mol. The van der Waals surface area contributed by atoms with Crippen molar-refractivity contribution in [2.75, 3.05) is 6.54 Å². The smallest absolute Gasteiger partial charge is 0.407 e. The van der Waals surface area contributed by atoms with Crippen LogP contribution in [0.5, 0.6) is 0 Å². The first-order valence-corrected chi connectivity index (χ1v) is 8.27. The van der Waals surface area contributed by atoms with E-state index in [0.717, 1.165) is 6.07 Å². The Hall–Kier alpha value is -2.18. The monoisotopic (exact) mass is 356 g/mol. The normalized spacial score (nSPS) is 11.8. The third kappa shape index (κ3) is 5.99. The number of alkyl carbamates (subject to hydrolysis) is 1. The maximum absolute atomic E-state index is 13.8. The lowest BCUT2D eigenvalue weighted by molar-refractivity contribution is 0.0501. The van der Waals surface area contributed by atoms with Crippen molar-refractivity contribution in [1.82, 2.24) is 10.6 Å². The van der Waals surface area contributed by atoms with Gasteiger partial charge in [-0.15, -0.1) is 0 Å². The summed E-state index contributed by atoms with van der Waals surface area (Å²) in [6.07, 6.45) is 0.370. The van der Waals surface area contributed by atoms with Crippen molar-refractivity contribution >= 4 is 12.0 Å². The Bertz CT molecular complexity index is 623. The van der Waals surface area contributed by atoms with E-state index in [1.807, 2.05) is 13.8 Å². The van der Waals surface area contributed by atoms with Crippen molar-refractivity contribution < 1.29 is 23.1 Å². The van der Waals surface area contributed by atoms with Gasteiger partial charge in [-0.25, -0.2) is 13.6 Å². The Morgan fingerprint density at radius 2 is 1.72 bits per heavy atom. The summed E-state index contributed by atoms with van der Waals surface area (Å²) in [7, 11) is 0. The van der Waals surface area contributed by atoms with Gasteiger partial charge < -0.3 is 15.4 Å². The largest absolute Gasteiger partial charge is 0.444 e. The number of rotatable bonds is 6. The Morgan fingerprint density at radius 3 is 2.24 bits per heavy atom. The van der Waals surface area contributed by atoms with Gasteiger partial charge in [0, 0.05) is 6.54 Å². The van der Waals surface area contributed by atoms with Gasteiger partial charge >= 0.3 is 6.09 Å². The van der Waals surface area contributed by atoms with E-state index in [-0.39, 0.29) is 12.1 Å². The van der Waals surface area contributed by atoms with Crippen LogP contribution in [0.25, 0.3) is 0 Å². The molecular formula is C18H26F2N2O3. The van der Waals surface area contributed by atoms with E-state index in [4.69, 9.17) is 4.74 Å². The predicted octanol–water partition coefficient (Wildman–Crippen LogP) is 3.78. The maximum Gasteiger partial charge on any atom is 0.407 e. The molecule has 0 aromatic heterocycles.